The first kappa shape index (κ1) is 11.6. The van der Waals surface area contributed by atoms with Crippen molar-refractivity contribution >= 4 is 10.3 Å². The van der Waals surface area contributed by atoms with E-state index in [1.165, 1.54) is 0 Å². The van der Waals surface area contributed by atoms with Gasteiger partial charge in [-0.2, -0.15) is 8.42 Å². The molecule has 0 aliphatic carbocycles. The maximum Gasteiger partial charge on any atom is 1.00 e. The summed E-state index contributed by atoms with van der Waals surface area (Å²) in [5, 5.41) is 7.63. The molecule has 0 atom stereocenters. The maximum absolute atomic E-state index is 9.78. The second kappa shape index (κ2) is 4.68. The van der Waals surface area contributed by atoms with E-state index < -0.39 is 10.3 Å². The quantitative estimate of drug-likeness (QED) is 0.311. The van der Waals surface area contributed by atoms with Crippen molar-refractivity contribution in [1.29, 1.82) is 0 Å². The monoisotopic (exact) mass is 151 g/mol. The summed E-state index contributed by atoms with van der Waals surface area (Å²) >= 11 is 0. The second-order valence-corrected chi connectivity index (χ2v) is 2.14. The van der Waals surface area contributed by atoms with Crippen molar-refractivity contribution in [1.82, 2.24) is 4.89 Å². The van der Waals surface area contributed by atoms with Crippen LogP contribution in [0.25, 0.3) is 0 Å². The molecule has 0 bridgehead atoms. The van der Waals surface area contributed by atoms with Gasteiger partial charge in [0.2, 0.25) is 0 Å². The first-order valence-electron chi connectivity index (χ1n) is 1.34. The summed E-state index contributed by atoms with van der Waals surface area (Å²) in [6.45, 7) is 0. The van der Waals surface area contributed by atoms with Crippen LogP contribution in [0.3, 0.4) is 0 Å². The van der Waals surface area contributed by atoms with Crippen molar-refractivity contribution in [2.45, 2.75) is 0 Å². The molecular formula is CH6NNaO4S. The molecule has 2 N–H and O–H groups in total. The molecule has 0 saturated heterocycles. The second-order valence-electron chi connectivity index (χ2n) is 0.712. The third-order valence-corrected chi connectivity index (χ3v) is 0.994. The normalized spacial score (nSPS) is 10.2. The number of hydrogen-bond acceptors (Lipinski definition) is 4. The van der Waals surface area contributed by atoms with E-state index in [1.807, 2.05) is 0 Å². The summed E-state index contributed by atoms with van der Waals surface area (Å²) in [5.74, 6) is 0. The van der Waals surface area contributed by atoms with Crippen molar-refractivity contribution in [2.24, 2.45) is 0 Å². The zero-order chi connectivity index (χ0) is 5.91. The number of nitrogens with one attached hydrogen (secondary N) is 1. The molecule has 0 fully saturated rings. The van der Waals surface area contributed by atoms with E-state index in [2.05, 4.69) is 4.18 Å². The summed E-state index contributed by atoms with van der Waals surface area (Å²) in [6.07, 6.45) is 0. The summed E-state index contributed by atoms with van der Waals surface area (Å²) < 4.78 is 23.3. The average Bonchev–Trinajstić information content (AvgIpc) is 1.68. The first-order chi connectivity index (χ1) is 3.12. The van der Waals surface area contributed by atoms with Gasteiger partial charge in [-0.15, -0.1) is 0 Å². The largest absolute Gasteiger partial charge is 1.00 e. The van der Waals surface area contributed by atoms with E-state index in [4.69, 9.17) is 5.21 Å². The van der Waals surface area contributed by atoms with Gasteiger partial charge in [-0.05, 0) is 0 Å². The summed E-state index contributed by atoms with van der Waals surface area (Å²) in [6, 6.07) is 0. The average molecular weight is 151 g/mol. The topological polar surface area (TPSA) is 75.6 Å². The molecular weight excluding hydrogens is 145 g/mol. The number of hydrogen-bond donors (Lipinski definition) is 2. The van der Waals surface area contributed by atoms with E-state index in [-0.39, 0.29) is 31.0 Å². The third-order valence-electron chi connectivity index (χ3n) is 0.331. The molecule has 0 saturated carbocycles. The van der Waals surface area contributed by atoms with Gasteiger partial charge >= 0.3 is 39.9 Å². The molecule has 0 radical (unpaired) electrons. The fourth-order valence-corrected chi connectivity index (χ4v) is 0.112. The zero-order valence-corrected chi connectivity index (χ0v) is 7.40. The van der Waals surface area contributed by atoms with Crippen LogP contribution in [0.2, 0.25) is 0 Å². The van der Waals surface area contributed by atoms with Gasteiger partial charge in [0.1, 0.15) is 0 Å². The summed E-state index contributed by atoms with van der Waals surface area (Å²) in [5.41, 5.74) is 0. The van der Waals surface area contributed by atoms with Crippen molar-refractivity contribution in [2.75, 3.05) is 7.11 Å². The minimum absolute atomic E-state index is 0. The van der Waals surface area contributed by atoms with Gasteiger partial charge in [-0.3, -0.25) is 4.18 Å². The Bertz CT molecular complexity index is 124. The van der Waals surface area contributed by atoms with Gasteiger partial charge in [-0.25, -0.2) is 0 Å². The predicted octanol–water partition coefficient (Wildman–Crippen LogP) is -4.03. The van der Waals surface area contributed by atoms with Gasteiger partial charge in [0.25, 0.3) is 0 Å². The van der Waals surface area contributed by atoms with Gasteiger partial charge in [0.05, 0.1) is 7.11 Å². The molecule has 46 valence electrons. The van der Waals surface area contributed by atoms with E-state index in [9.17, 15) is 8.42 Å². The molecule has 0 aromatic heterocycles. The minimum atomic E-state index is -3.85. The molecule has 0 aromatic rings. The van der Waals surface area contributed by atoms with Crippen LogP contribution in [0.4, 0.5) is 0 Å². The van der Waals surface area contributed by atoms with Crippen LogP contribution in [0.15, 0.2) is 0 Å². The first-order valence-corrected chi connectivity index (χ1v) is 2.74. The molecule has 0 spiro atoms. The molecule has 7 heteroatoms. The third kappa shape index (κ3) is 4.98. The van der Waals surface area contributed by atoms with Gasteiger partial charge in [0, 0.05) is 0 Å². The Morgan fingerprint density at radius 2 is 2.12 bits per heavy atom. The minimum Gasteiger partial charge on any atom is -1.00 e. The molecule has 0 aliphatic heterocycles. The molecule has 0 rings (SSSR count). The molecule has 8 heavy (non-hydrogen) atoms. The molecule has 0 heterocycles. The predicted molar refractivity (Wildman–Crippen MR) is 22.0 cm³/mol. The molecule has 0 aliphatic rings. The number of rotatable bonds is 2. The fourth-order valence-electron chi connectivity index (χ4n) is 0.0373. The molecule has 0 unspecified atom stereocenters. The van der Waals surface area contributed by atoms with Crippen LogP contribution in [0.1, 0.15) is 1.43 Å². The molecule has 0 amide bonds. The fraction of sp³-hybridized carbons (Fsp3) is 1.00. The van der Waals surface area contributed by atoms with Crippen LogP contribution >= 0.6 is 0 Å². The van der Waals surface area contributed by atoms with Gasteiger partial charge in [-0.1, -0.05) is 4.89 Å². The Morgan fingerprint density at radius 3 is 2.12 bits per heavy atom. The van der Waals surface area contributed by atoms with Crippen LogP contribution in [0.5, 0.6) is 0 Å². The Kier molecular flexibility index (Phi) is 6.80. The molecule has 0 aromatic carbocycles. The van der Waals surface area contributed by atoms with Crippen molar-refractivity contribution in [3.63, 3.8) is 0 Å². The van der Waals surface area contributed by atoms with Crippen LogP contribution in [-0.2, 0) is 14.5 Å². The Morgan fingerprint density at radius 1 is 1.75 bits per heavy atom. The SMILES string of the molecule is COS(=O)(=O)NO.[H-].[Na+]. The van der Waals surface area contributed by atoms with Crippen LogP contribution < -0.4 is 34.4 Å². The van der Waals surface area contributed by atoms with Crippen LogP contribution in [0, 0.1) is 0 Å². The van der Waals surface area contributed by atoms with E-state index in [1.54, 1.807) is 0 Å². The smallest absolute Gasteiger partial charge is 1.00 e. The van der Waals surface area contributed by atoms with Crippen molar-refractivity contribution in [3.05, 3.63) is 0 Å². The Labute approximate surface area is 71.0 Å². The zero-order valence-electron chi connectivity index (χ0n) is 5.58. The Hall–Kier alpha value is 0.830. The van der Waals surface area contributed by atoms with E-state index in [0.29, 0.717) is 0 Å². The summed E-state index contributed by atoms with van der Waals surface area (Å²) in [7, 11) is -2.92. The van der Waals surface area contributed by atoms with Gasteiger partial charge in [0.15, 0.2) is 0 Å². The van der Waals surface area contributed by atoms with Crippen molar-refractivity contribution in [3.8, 4) is 0 Å². The molecule has 5 nitrogen and oxygen atoms in total. The Balaban J connectivity index is -0.000000180. The van der Waals surface area contributed by atoms with E-state index >= 15 is 0 Å². The van der Waals surface area contributed by atoms with Crippen molar-refractivity contribution < 1.29 is 48.8 Å². The maximum atomic E-state index is 9.78. The van der Waals surface area contributed by atoms with Gasteiger partial charge < -0.3 is 6.63 Å². The standard InChI is InChI=1S/CH5NO4S.Na.H/c1-6-7(4,5)2-3;;/h2-3H,1H3;;/q;+1;-1. The summed E-state index contributed by atoms with van der Waals surface area (Å²) in [4.78, 5) is 0.941. The van der Waals surface area contributed by atoms with E-state index in [0.717, 1.165) is 12.0 Å². The van der Waals surface area contributed by atoms with Crippen LogP contribution in [-0.4, -0.2) is 20.7 Å².